The van der Waals surface area contributed by atoms with Crippen LogP contribution < -0.4 is 0 Å². The molecule has 78 valence electrons. The molecule has 0 atom stereocenters. The Kier molecular flexibility index (Phi) is 4.00. The lowest BCUT2D eigenvalue weighted by Crippen LogP contribution is -2.12. The van der Waals surface area contributed by atoms with E-state index in [9.17, 15) is 4.79 Å². The van der Waals surface area contributed by atoms with Gasteiger partial charge in [0.05, 0.1) is 18.2 Å². The van der Waals surface area contributed by atoms with Crippen molar-refractivity contribution >= 4 is 17.7 Å². The number of rotatable bonds is 4. The van der Waals surface area contributed by atoms with Crippen LogP contribution in [-0.2, 0) is 10.6 Å². The maximum Gasteiger partial charge on any atom is 0.356 e. The Bertz CT molecular complexity index is 323. The number of ether oxygens (including phenoxy) is 1. The Labute approximate surface area is 87.6 Å². The SMILES string of the molecule is CCOC(=O)c1cc(C)nn1CSC. The smallest absolute Gasteiger partial charge is 0.356 e. The van der Waals surface area contributed by atoms with E-state index in [1.807, 2.05) is 13.2 Å². The van der Waals surface area contributed by atoms with E-state index in [0.29, 0.717) is 18.2 Å². The second-order valence-corrected chi connectivity index (χ2v) is 3.64. The third kappa shape index (κ3) is 2.51. The van der Waals surface area contributed by atoms with Gasteiger partial charge in [-0.05, 0) is 26.2 Å². The first-order valence-electron chi connectivity index (χ1n) is 4.39. The molecule has 0 N–H and O–H groups in total. The van der Waals surface area contributed by atoms with Crippen molar-refractivity contribution in [3.8, 4) is 0 Å². The Morgan fingerprint density at radius 1 is 1.71 bits per heavy atom. The second kappa shape index (κ2) is 5.05. The van der Waals surface area contributed by atoms with Crippen LogP contribution in [0.1, 0.15) is 23.1 Å². The topological polar surface area (TPSA) is 44.1 Å². The number of aromatic nitrogens is 2. The van der Waals surface area contributed by atoms with Gasteiger partial charge in [-0.2, -0.15) is 5.10 Å². The monoisotopic (exact) mass is 214 g/mol. The van der Waals surface area contributed by atoms with Crippen molar-refractivity contribution in [2.45, 2.75) is 19.7 Å². The van der Waals surface area contributed by atoms with Crippen LogP contribution in [0.5, 0.6) is 0 Å². The van der Waals surface area contributed by atoms with Crippen molar-refractivity contribution in [3.05, 3.63) is 17.5 Å². The third-order valence-corrected chi connectivity index (χ3v) is 2.14. The molecule has 14 heavy (non-hydrogen) atoms. The minimum absolute atomic E-state index is 0.304. The highest BCUT2D eigenvalue weighted by Gasteiger charge is 2.14. The number of esters is 1. The molecule has 0 aliphatic rings. The van der Waals surface area contributed by atoms with Gasteiger partial charge in [0.25, 0.3) is 0 Å². The van der Waals surface area contributed by atoms with Gasteiger partial charge in [0.15, 0.2) is 0 Å². The van der Waals surface area contributed by atoms with Gasteiger partial charge in [-0.25, -0.2) is 9.48 Å². The van der Waals surface area contributed by atoms with Crippen LogP contribution in [0.15, 0.2) is 6.07 Å². The Morgan fingerprint density at radius 3 is 3.00 bits per heavy atom. The number of hydrogen-bond acceptors (Lipinski definition) is 4. The number of aryl methyl sites for hydroxylation is 1. The van der Waals surface area contributed by atoms with Crippen molar-refractivity contribution in [3.63, 3.8) is 0 Å². The molecule has 5 heteroatoms. The summed E-state index contributed by atoms with van der Waals surface area (Å²) in [6.07, 6.45) is 1.96. The molecule has 0 aliphatic carbocycles. The van der Waals surface area contributed by atoms with Crippen LogP contribution in [0.25, 0.3) is 0 Å². The van der Waals surface area contributed by atoms with E-state index in [-0.39, 0.29) is 5.97 Å². The number of thioether (sulfide) groups is 1. The fraction of sp³-hybridized carbons (Fsp3) is 0.556. The van der Waals surface area contributed by atoms with E-state index >= 15 is 0 Å². The maximum atomic E-state index is 11.5. The first-order chi connectivity index (χ1) is 6.69. The van der Waals surface area contributed by atoms with E-state index in [1.165, 1.54) is 0 Å². The Balaban J connectivity index is 2.88. The van der Waals surface area contributed by atoms with Gasteiger partial charge in [0.1, 0.15) is 5.69 Å². The summed E-state index contributed by atoms with van der Waals surface area (Å²) in [5.74, 6) is 0.365. The zero-order valence-electron chi connectivity index (χ0n) is 8.61. The quantitative estimate of drug-likeness (QED) is 0.715. The summed E-state index contributed by atoms with van der Waals surface area (Å²) in [6, 6.07) is 1.74. The van der Waals surface area contributed by atoms with Crippen molar-refractivity contribution in [2.75, 3.05) is 12.9 Å². The molecule has 0 saturated carbocycles. The van der Waals surface area contributed by atoms with Gasteiger partial charge in [0, 0.05) is 0 Å². The number of carbonyl (C=O) groups excluding carboxylic acids is 1. The minimum atomic E-state index is -0.304. The summed E-state index contributed by atoms with van der Waals surface area (Å²) in [4.78, 5) is 11.5. The lowest BCUT2D eigenvalue weighted by Gasteiger charge is -2.04. The minimum Gasteiger partial charge on any atom is -0.461 e. The number of nitrogens with zero attached hydrogens (tertiary/aromatic N) is 2. The summed E-state index contributed by atoms with van der Waals surface area (Å²) in [6.45, 7) is 4.04. The van der Waals surface area contributed by atoms with Crippen LogP contribution in [0.2, 0.25) is 0 Å². The van der Waals surface area contributed by atoms with Crippen molar-refractivity contribution in [1.82, 2.24) is 9.78 Å². The second-order valence-electron chi connectivity index (χ2n) is 2.81. The van der Waals surface area contributed by atoms with Gasteiger partial charge in [-0.15, -0.1) is 11.8 Å². The molecular formula is C9H14N2O2S. The van der Waals surface area contributed by atoms with Crippen LogP contribution in [0.4, 0.5) is 0 Å². The molecule has 1 aromatic heterocycles. The molecule has 0 amide bonds. The molecule has 0 aromatic carbocycles. The van der Waals surface area contributed by atoms with E-state index < -0.39 is 0 Å². The third-order valence-electron chi connectivity index (χ3n) is 1.64. The number of hydrogen-bond donors (Lipinski definition) is 0. The van der Waals surface area contributed by atoms with E-state index in [0.717, 1.165) is 5.69 Å². The van der Waals surface area contributed by atoms with Gasteiger partial charge in [-0.3, -0.25) is 0 Å². The highest BCUT2D eigenvalue weighted by Crippen LogP contribution is 2.09. The fourth-order valence-electron chi connectivity index (χ4n) is 1.14. The lowest BCUT2D eigenvalue weighted by atomic mass is 10.4. The highest BCUT2D eigenvalue weighted by atomic mass is 32.2. The van der Waals surface area contributed by atoms with Crippen LogP contribution >= 0.6 is 11.8 Å². The first-order valence-corrected chi connectivity index (χ1v) is 5.79. The van der Waals surface area contributed by atoms with Gasteiger partial charge in [0.2, 0.25) is 0 Å². The van der Waals surface area contributed by atoms with Crippen molar-refractivity contribution < 1.29 is 9.53 Å². The molecule has 0 bridgehead atoms. The molecule has 0 aliphatic heterocycles. The van der Waals surface area contributed by atoms with Crippen LogP contribution in [-0.4, -0.2) is 28.6 Å². The lowest BCUT2D eigenvalue weighted by molar-refractivity contribution is 0.0513. The Hall–Kier alpha value is -0.970. The summed E-state index contributed by atoms with van der Waals surface area (Å²) in [7, 11) is 0. The number of carbonyl (C=O) groups is 1. The van der Waals surface area contributed by atoms with E-state index in [2.05, 4.69) is 5.10 Å². The predicted octanol–water partition coefficient (Wildman–Crippen LogP) is 1.69. The maximum absolute atomic E-state index is 11.5. The average Bonchev–Trinajstić information content (AvgIpc) is 2.48. The van der Waals surface area contributed by atoms with Crippen LogP contribution in [0.3, 0.4) is 0 Å². The standard InChI is InChI=1S/C9H14N2O2S/c1-4-13-9(12)8-5-7(2)10-11(8)6-14-3/h5H,4,6H2,1-3H3. The summed E-state index contributed by atoms with van der Waals surface area (Å²) in [5, 5.41) is 4.20. The molecule has 1 rings (SSSR count). The van der Waals surface area contributed by atoms with Crippen LogP contribution in [0, 0.1) is 6.92 Å². The molecular weight excluding hydrogens is 200 g/mol. The van der Waals surface area contributed by atoms with Gasteiger partial charge in [-0.1, -0.05) is 0 Å². The first kappa shape index (κ1) is 11.1. The average molecular weight is 214 g/mol. The summed E-state index contributed by atoms with van der Waals surface area (Å²) < 4.78 is 6.58. The molecule has 1 aromatic rings. The van der Waals surface area contributed by atoms with E-state index in [4.69, 9.17) is 4.74 Å². The largest absolute Gasteiger partial charge is 0.461 e. The summed E-state index contributed by atoms with van der Waals surface area (Å²) in [5.41, 5.74) is 1.36. The molecule has 0 spiro atoms. The van der Waals surface area contributed by atoms with Crippen molar-refractivity contribution in [2.24, 2.45) is 0 Å². The normalized spacial score (nSPS) is 10.2. The highest BCUT2D eigenvalue weighted by molar-refractivity contribution is 7.97. The molecule has 4 nitrogen and oxygen atoms in total. The Morgan fingerprint density at radius 2 is 2.43 bits per heavy atom. The van der Waals surface area contributed by atoms with Gasteiger partial charge < -0.3 is 4.74 Å². The molecule has 0 fully saturated rings. The van der Waals surface area contributed by atoms with Crippen molar-refractivity contribution in [1.29, 1.82) is 0 Å². The summed E-state index contributed by atoms with van der Waals surface area (Å²) >= 11 is 1.61. The molecule has 0 unspecified atom stereocenters. The van der Waals surface area contributed by atoms with Gasteiger partial charge >= 0.3 is 5.97 Å². The molecule has 0 saturated heterocycles. The zero-order valence-corrected chi connectivity index (χ0v) is 9.43. The fourth-order valence-corrected chi connectivity index (χ4v) is 1.58. The molecule has 1 heterocycles. The van der Waals surface area contributed by atoms with E-state index in [1.54, 1.807) is 29.4 Å². The zero-order chi connectivity index (χ0) is 10.6. The molecule has 0 radical (unpaired) electrons. The predicted molar refractivity (Wildman–Crippen MR) is 56.4 cm³/mol.